The highest BCUT2D eigenvalue weighted by atomic mass is 32.1. The van der Waals surface area contributed by atoms with E-state index in [9.17, 15) is 0 Å². The molecule has 0 bridgehead atoms. The third kappa shape index (κ3) is 4.08. The maximum absolute atomic E-state index is 3.75. The lowest BCUT2D eigenvalue weighted by Gasteiger charge is -2.19. The van der Waals surface area contributed by atoms with Gasteiger partial charge in [0.05, 0.1) is 0 Å². The van der Waals surface area contributed by atoms with E-state index in [0.717, 1.165) is 6.54 Å². The summed E-state index contributed by atoms with van der Waals surface area (Å²) in [7, 11) is 0. The van der Waals surface area contributed by atoms with Crippen LogP contribution < -0.4 is 5.32 Å². The van der Waals surface area contributed by atoms with Crippen molar-refractivity contribution in [1.82, 2.24) is 10.2 Å². The molecule has 102 valence electrons. The van der Waals surface area contributed by atoms with Crippen molar-refractivity contribution in [2.45, 2.75) is 52.1 Å². The molecule has 0 saturated carbocycles. The Balaban J connectivity index is 1.75. The predicted molar refractivity (Wildman–Crippen MR) is 80.3 cm³/mol. The van der Waals surface area contributed by atoms with Gasteiger partial charge in [-0.2, -0.15) is 0 Å². The van der Waals surface area contributed by atoms with Crippen LogP contribution in [0.4, 0.5) is 0 Å². The lowest BCUT2D eigenvalue weighted by atomic mass is 10.1. The summed E-state index contributed by atoms with van der Waals surface area (Å²) < 4.78 is 0. The zero-order chi connectivity index (χ0) is 12.8. The number of nitrogens with zero attached hydrogens (tertiary/aromatic N) is 1. The van der Waals surface area contributed by atoms with Crippen LogP contribution >= 0.6 is 11.3 Å². The highest BCUT2D eigenvalue weighted by Gasteiger charge is 2.16. The van der Waals surface area contributed by atoms with E-state index in [0.29, 0.717) is 6.04 Å². The highest BCUT2D eigenvalue weighted by Crippen LogP contribution is 2.17. The predicted octanol–water partition coefficient (Wildman–Crippen LogP) is 3.41. The van der Waals surface area contributed by atoms with Gasteiger partial charge in [-0.15, -0.1) is 11.3 Å². The lowest BCUT2D eigenvalue weighted by Crippen LogP contribution is -2.30. The van der Waals surface area contributed by atoms with Gasteiger partial charge in [0.1, 0.15) is 0 Å². The van der Waals surface area contributed by atoms with Crippen molar-refractivity contribution in [3.63, 3.8) is 0 Å². The fourth-order valence-corrected chi connectivity index (χ4v) is 3.58. The highest BCUT2D eigenvalue weighted by molar-refractivity contribution is 7.10. The van der Waals surface area contributed by atoms with Gasteiger partial charge in [0, 0.05) is 17.5 Å². The number of aryl methyl sites for hydroxylation is 1. The first-order chi connectivity index (χ1) is 8.79. The molecule has 1 unspecified atom stereocenters. The van der Waals surface area contributed by atoms with Crippen LogP contribution in [0.25, 0.3) is 0 Å². The summed E-state index contributed by atoms with van der Waals surface area (Å²) in [5, 5.41) is 5.95. The Morgan fingerprint density at radius 2 is 2.28 bits per heavy atom. The normalized spacial score (nSPS) is 22.0. The molecule has 2 rings (SSSR count). The fourth-order valence-electron chi connectivity index (χ4n) is 2.72. The molecule has 18 heavy (non-hydrogen) atoms. The molecule has 1 N–H and O–H groups in total. The van der Waals surface area contributed by atoms with Crippen LogP contribution in [0, 0.1) is 6.92 Å². The first-order valence-corrected chi connectivity index (χ1v) is 8.16. The molecule has 1 aliphatic rings. The summed E-state index contributed by atoms with van der Waals surface area (Å²) in [4.78, 5) is 4.13. The molecule has 2 nitrogen and oxygen atoms in total. The Bertz CT molecular complexity index is 348. The average molecular weight is 266 g/mol. The average Bonchev–Trinajstić information content (AvgIpc) is 2.63. The number of nitrogens with one attached hydrogen (secondary N) is 1. The van der Waals surface area contributed by atoms with Gasteiger partial charge >= 0.3 is 0 Å². The first kappa shape index (κ1) is 14.0. The van der Waals surface area contributed by atoms with Crippen molar-refractivity contribution in [3.8, 4) is 0 Å². The van der Waals surface area contributed by atoms with Gasteiger partial charge in [-0.25, -0.2) is 0 Å². The molecule has 0 amide bonds. The van der Waals surface area contributed by atoms with E-state index >= 15 is 0 Å². The third-order valence-corrected chi connectivity index (χ3v) is 4.90. The van der Waals surface area contributed by atoms with E-state index in [2.05, 4.69) is 35.5 Å². The first-order valence-electron chi connectivity index (χ1n) is 7.28. The van der Waals surface area contributed by atoms with Gasteiger partial charge in [0.25, 0.3) is 0 Å². The second-order valence-electron chi connectivity index (χ2n) is 5.38. The second kappa shape index (κ2) is 7.27. The van der Waals surface area contributed by atoms with Gasteiger partial charge < -0.3 is 10.2 Å². The molecule has 1 aromatic rings. The maximum Gasteiger partial charge on any atom is 0.0304 e. The Morgan fingerprint density at radius 3 is 3.00 bits per heavy atom. The second-order valence-corrected chi connectivity index (χ2v) is 6.38. The Morgan fingerprint density at radius 1 is 1.39 bits per heavy atom. The lowest BCUT2D eigenvalue weighted by molar-refractivity contribution is 0.282. The largest absolute Gasteiger partial charge is 0.309 e. The zero-order valence-electron chi connectivity index (χ0n) is 11.7. The molecule has 0 radical (unpaired) electrons. The molecule has 0 aliphatic carbocycles. The van der Waals surface area contributed by atoms with Crippen LogP contribution in [-0.4, -0.2) is 30.6 Å². The van der Waals surface area contributed by atoms with Crippen LogP contribution in [-0.2, 0) is 6.54 Å². The smallest absolute Gasteiger partial charge is 0.0304 e. The van der Waals surface area contributed by atoms with Crippen LogP contribution in [0.5, 0.6) is 0 Å². The number of rotatable bonds is 5. The monoisotopic (exact) mass is 266 g/mol. The molecule has 1 aliphatic heterocycles. The van der Waals surface area contributed by atoms with Crippen molar-refractivity contribution in [2.24, 2.45) is 0 Å². The summed E-state index contributed by atoms with van der Waals surface area (Å²) in [6, 6.07) is 2.94. The van der Waals surface area contributed by atoms with E-state index < -0.39 is 0 Å². The molecular formula is C15H26N2S. The van der Waals surface area contributed by atoms with E-state index in [1.807, 2.05) is 11.3 Å². The number of hydrogen-bond donors (Lipinski definition) is 1. The van der Waals surface area contributed by atoms with Gasteiger partial charge in [-0.05, 0) is 69.3 Å². The Hall–Kier alpha value is -0.380. The zero-order valence-corrected chi connectivity index (χ0v) is 12.6. The minimum atomic E-state index is 0.716. The van der Waals surface area contributed by atoms with Gasteiger partial charge in [0.2, 0.25) is 0 Å². The van der Waals surface area contributed by atoms with Crippen molar-refractivity contribution < 1.29 is 0 Å². The topological polar surface area (TPSA) is 15.3 Å². The molecule has 3 heteroatoms. The number of likely N-dealkylation sites (tertiary alicyclic amines) is 1. The van der Waals surface area contributed by atoms with Gasteiger partial charge in [-0.1, -0.05) is 6.92 Å². The maximum atomic E-state index is 3.75. The molecular weight excluding hydrogens is 240 g/mol. The molecule has 2 heterocycles. The molecule has 1 saturated heterocycles. The Kier molecular flexibility index (Phi) is 5.67. The quantitative estimate of drug-likeness (QED) is 0.878. The molecule has 1 atom stereocenters. The van der Waals surface area contributed by atoms with Gasteiger partial charge in [0.15, 0.2) is 0 Å². The van der Waals surface area contributed by atoms with Crippen molar-refractivity contribution in [2.75, 3.05) is 19.6 Å². The Labute approximate surface area is 115 Å². The summed E-state index contributed by atoms with van der Waals surface area (Å²) >= 11 is 1.88. The fraction of sp³-hybridized carbons (Fsp3) is 0.733. The summed E-state index contributed by atoms with van der Waals surface area (Å²) in [6.45, 7) is 9.39. The number of hydrogen-bond acceptors (Lipinski definition) is 3. The van der Waals surface area contributed by atoms with Crippen LogP contribution in [0.1, 0.15) is 43.0 Å². The molecule has 0 aromatic carbocycles. The molecule has 1 aromatic heterocycles. The summed E-state index contributed by atoms with van der Waals surface area (Å²) in [5.41, 5.74) is 1.44. The van der Waals surface area contributed by atoms with Crippen LogP contribution in [0.2, 0.25) is 0 Å². The van der Waals surface area contributed by atoms with Crippen molar-refractivity contribution >= 4 is 11.3 Å². The summed E-state index contributed by atoms with van der Waals surface area (Å²) in [6.07, 6.45) is 5.28. The molecule has 0 spiro atoms. The summed E-state index contributed by atoms with van der Waals surface area (Å²) in [5.74, 6) is 0. The van der Waals surface area contributed by atoms with Crippen molar-refractivity contribution in [3.05, 3.63) is 21.9 Å². The van der Waals surface area contributed by atoms with Gasteiger partial charge in [-0.3, -0.25) is 0 Å². The van der Waals surface area contributed by atoms with E-state index in [1.54, 1.807) is 0 Å². The van der Waals surface area contributed by atoms with E-state index in [-0.39, 0.29) is 0 Å². The SMILES string of the molecule is CCCN1CCCC(NCc2sccc2C)CC1. The van der Waals surface area contributed by atoms with E-state index in [1.165, 1.54) is 55.8 Å². The van der Waals surface area contributed by atoms with Crippen LogP contribution in [0.15, 0.2) is 11.4 Å². The standard InChI is InChI=1S/C15H26N2S/c1-3-8-17-9-4-5-14(6-10-17)16-12-15-13(2)7-11-18-15/h7,11,14,16H,3-6,8-10,12H2,1-2H3. The van der Waals surface area contributed by atoms with E-state index in [4.69, 9.17) is 0 Å². The van der Waals surface area contributed by atoms with Crippen molar-refractivity contribution in [1.29, 1.82) is 0 Å². The van der Waals surface area contributed by atoms with Crippen LogP contribution in [0.3, 0.4) is 0 Å². The third-order valence-electron chi connectivity index (χ3n) is 3.88. The number of thiophene rings is 1. The minimum Gasteiger partial charge on any atom is -0.309 e. The minimum absolute atomic E-state index is 0.716. The molecule has 1 fully saturated rings.